The summed E-state index contributed by atoms with van der Waals surface area (Å²) < 4.78 is 1.84. The Hall–Kier alpha value is -0.420. The van der Waals surface area contributed by atoms with Crippen LogP contribution in [0.3, 0.4) is 0 Å². The van der Waals surface area contributed by atoms with Crippen molar-refractivity contribution in [3.63, 3.8) is 0 Å². The highest BCUT2D eigenvalue weighted by Crippen LogP contribution is 2.34. The van der Waals surface area contributed by atoms with Gasteiger partial charge in [-0.2, -0.15) is 5.10 Å². The Kier molecular flexibility index (Phi) is 2.85. The summed E-state index contributed by atoms with van der Waals surface area (Å²) in [5, 5.41) is 4.09. The SMILES string of the molecule is Cn1ncnc1CN1CCC(Br)C1(C)C. The van der Waals surface area contributed by atoms with Crippen molar-refractivity contribution < 1.29 is 0 Å². The third-order valence-electron chi connectivity index (χ3n) is 3.37. The smallest absolute Gasteiger partial charge is 0.140 e. The van der Waals surface area contributed by atoms with Crippen molar-refractivity contribution in [3.8, 4) is 0 Å². The van der Waals surface area contributed by atoms with Gasteiger partial charge in [0.05, 0.1) is 6.54 Å². The van der Waals surface area contributed by atoms with E-state index in [1.54, 1.807) is 6.33 Å². The standard InChI is InChI=1S/C10H17BrN4/c1-10(2)8(11)4-5-15(10)6-9-12-7-13-14(9)3/h7-8H,4-6H2,1-3H3. The lowest BCUT2D eigenvalue weighted by Crippen LogP contribution is -2.42. The Morgan fingerprint density at radius 1 is 1.60 bits per heavy atom. The first kappa shape index (κ1) is 11.1. The summed E-state index contributed by atoms with van der Waals surface area (Å²) in [6, 6.07) is 0. The number of alkyl halides is 1. The maximum absolute atomic E-state index is 4.26. The largest absolute Gasteiger partial charge is 0.290 e. The fraction of sp³-hybridized carbons (Fsp3) is 0.800. The molecule has 1 saturated heterocycles. The molecule has 0 amide bonds. The number of aromatic nitrogens is 3. The molecule has 5 heteroatoms. The zero-order valence-corrected chi connectivity index (χ0v) is 11.0. The summed E-state index contributed by atoms with van der Waals surface area (Å²) in [5.74, 6) is 1.03. The highest BCUT2D eigenvalue weighted by Gasteiger charge is 2.39. The molecule has 0 aromatic carbocycles. The minimum Gasteiger partial charge on any atom is -0.290 e. The number of rotatable bonds is 2. The number of hydrogen-bond donors (Lipinski definition) is 0. The topological polar surface area (TPSA) is 34.0 Å². The van der Waals surface area contributed by atoms with Crippen LogP contribution in [-0.2, 0) is 13.6 Å². The van der Waals surface area contributed by atoms with Gasteiger partial charge in [-0.1, -0.05) is 15.9 Å². The van der Waals surface area contributed by atoms with Gasteiger partial charge in [-0.15, -0.1) is 0 Å². The maximum Gasteiger partial charge on any atom is 0.140 e. The zero-order valence-electron chi connectivity index (χ0n) is 9.44. The average Bonchev–Trinajstić information content (AvgIpc) is 2.66. The fourth-order valence-corrected chi connectivity index (χ4v) is 2.52. The van der Waals surface area contributed by atoms with Crippen molar-refractivity contribution in [3.05, 3.63) is 12.2 Å². The maximum atomic E-state index is 4.26. The lowest BCUT2D eigenvalue weighted by atomic mass is 10.0. The molecule has 2 rings (SSSR count). The van der Waals surface area contributed by atoms with Crippen LogP contribution in [0.5, 0.6) is 0 Å². The Balaban J connectivity index is 2.11. The quantitative estimate of drug-likeness (QED) is 0.767. The van der Waals surface area contributed by atoms with Gasteiger partial charge >= 0.3 is 0 Å². The van der Waals surface area contributed by atoms with Crippen molar-refractivity contribution in [1.29, 1.82) is 0 Å². The van der Waals surface area contributed by atoms with Crippen molar-refractivity contribution >= 4 is 15.9 Å². The first-order chi connectivity index (χ1) is 7.01. The van der Waals surface area contributed by atoms with E-state index in [9.17, 15) is 0 Å². The molecular weight excluding hydrogens is 256 g/mol. The van der Waals surface area contributed by atoms with Crippen LogP contribution in [0.2, 0.25) is 0 Å². The Morgan fingerprint density at radius 3 is 2.80 bits per heavy atom. The lowest BCUT2D eigenvalue weighted by Gasteiger charge is -2.33. The van der Waals surface area contributed by atoms with Crippen molar-refractivity contribution in [1.82, 2.24) is 19.7 Å². The van der Waals surface area contributed by atoms with Gasteiger partial charge in [-0.3, -0.25) is 9.58 Å². The molecule has 0 saturated carbocycles. The van der Waals surface area contributed by atoms with E-state index in [0.29, 0.717) is 4.83 Å². The van der Waals surface area contributed by atoms with Gasteiger partial charge in [-0.25, -0.2) is 4.98 Å². The first-order valence-corrected chi connectivity index (χ1v) is 6.15. The molecule has 2 heterocycles. The number of nitrogens with zero attached hydrogens (tertiary/aromatic N) is 4. The number of hydrogen-bond acceptors (Lipinski definition) is 3. The molecular formula is C10H17BrN4. The fourth-order valence-electron chi connectivity index (χ4n) is 2.03. The number of aryl methyl sites for hydroxylation is 1. The summed E-state index contributed by atoms with van der Waals surface area (Å²) in [4.78, 5) is 7.29. The molecule has 1 aliphatic rings. The van der Waals surface area contributed by atoms with Crippen molar-refractivity contribution in [2.45, 2.75) is 37.2 Å². The van der Waals surface area contributed by atoms with Crippen molar-refractivity contribution in [2.24, 2.45) is 7.05 Å². The van der Waals surface area contributed by atoms with Crippen LogP contribution in [0.4, 0.5) is 0 Å². The molecule has 1 atom stereocenters. The minimum atomic E-state index is 0.200. The molecule has 0 spiro atoms. The van der Waals surface area contributed by atoms with E-state index in [4.69, 9.17) is 0 Å². The zero-order chi connectivity index (χ0) is 11.1. The van der Waals surface area contributed by atoms with Gasteiger partial charge in [0.2, 0.25) is 0 Å². The molecule has 84 valence electrons. The second kappa shape index (κ2) is 3.87. The molecule has 0 aliphatic carbocycles. The molecule has 4 nitrogen and oxygen atoms in total. The summed E-state index contributed by atoms with van der Waals surface area (Å²) in [7, 11) is 1.94. The van der Waals surface area contributed by atoms with E-state index in [1.807, 2.05) is 11.7 Å². The molecule has 1 aromatic heterocycles. The molecule has 15 heavy (non-hydrogen) atoms. The second-order valence-electron chi connectivity index (χ2n) is 4.63. The van der Waals surface area contributed by atoms with E-state index in [0.717, 1.165) is 18.9 Å². The molecule has 1 aliphatic heterocycles. The van der Waals surface area contributed by atoms with Crippen LogP contribution in [-0.4, -0.2) is 36.6 Å². The van der Waals surface area contributed by atoms with E-state index >= 15 is 0 Å². The average molecular weight is 273 g/mol. The van der Waals surface area contributed by atoms with Crippen LogP contribution in [0.1, 0.15) is 26.1 Å². The minimum absolute atomic E-state index is 0.200. The summed E-state index contributed by atoms with van der Waals surface area (Å²) in [6.45, 7) is 6.55. The Morgan fingerprint density at radius 2 is 2.33 bits per heavy atom. The van der Waals surface area contributed by atoms with E-state index in [2.05, 4.69) is 44.8 Å². The summed E-state index contributed by atoms with van der Waals surface area (Å²) in [6.07, 6.45) is 2.81. The summed E-state index contributed by atoms with van der Waals surface area (Å²) >= 11 is 3.74. The molecule has 1 aromatic rings. The van der Waals surface area contributed by atoms with Crippen LogP contribution < -0.4 is 0 Å². The van der Waals surface area contributed by atoms with E-state index in [1.165, 1.54) is 6.42 Å². The van der Waals surface area contributed by atoms with Gasteiger partial charge in [0, 0.05) is 24.0 Å². The second-order valence-corrected chi connectivity index (χ2v) is 5.74. The van der Waals surface area contributed by atoms with E-state index in [-0.39, 0.29) is 5.54 Å². The predicted octanol–water partition coefficient (Wildman–Crippen LogP) is 1.56. The molecule has 0 radical (unpaired) electrons. The monoisotopic (exact) mass is 272 g/mol. The van der Waals surface area contributed by atoms with Gasteiger partial charge in [-0.05, 0) is 20.3 Å². The van der Waals surface area contributed by atoms with E-state index < -0.39 is 0 Å². The number of likely N-dealkylation sites (tertiary alicyclic amines) is 1. The van der Waals surface area contributed by atoms with Crippen LogP contribution in [0.25, 0.3) is 0 Å². The van der Waals surface area contributed by atoms with Gasteiger partial charge < -0.3 is 0 Å². The molecule has 1 fully saturated rings. The highest BCUT2D eigenvalue weighted by molar-refractivity contribution is 9.09. The van der Waals surface area contributed by atoms with Crippen LogP contribution in [0, 0.1) is 0 Å². The van der Waals surface area contributed by atoms with Crippen LogP contribution in [0.15, 0.2) is 6.33 Å². The van der Waals surface area contributed by atoms with Crippen molar-refractivity contribution in [2.75, 3.05) is 6.54 Å². The molecule has 0 N–H and O–H groups in total. The van der Waals surface area contributed by atoms with Gasteiger partial charge in [0.1, 0.15) is 12.2 Å². The highest BCUT2D eigenvalue weighted by atomic mass is 79.9. The lowest BCUT2D eigenvalue weighted by molar-refractivity contribution is 0.164. The third kappa shape index (κ3) is 1.95. The van der Waals surface area contributed by atoms with Gasteiger partial charge in [0.15, 0.2) is 0 Å². The first-order valence-electron chi connectivity index (χ1n) is 5.24. The Bertz CT molecular complexity index is 347. The predicted molar refractivity (Wildman–Crippen MR) is 62.8 cm³/mol. The summed E-state index contributed by atoms with van der Waals surface area (Å²) in [5.41, 5.74) is 0.200. The molecule has 0 bridgehead atoms. The third-order valence-corrected chi connectivity index (χ3v) is 4.95. The number of halogens is 1. The van der Waals surface area contributed by atoms with Crippen LogP contribution >= 0.6 is 15.9 Å². The Labute approximate surface area is 98.8 Å². The normalized spacial score (nSPS) is 26.0. The van der Waals surface area contributed by atoms with Gasteiger partial charge in [0.25, 0.3) is 0 Å². The molecule has 1 unspecified atom stereocenters.